The fourth-order valence-electron chi connectivity index (χ4n) is 3.61. The maximum atomic E-state index is 5.27. The first-order valence-corrected chi connectivity index (χ1v) is 8.83. The lowest BCUT2D eigenvalue weighted by Crippen LogP contribution is -2.39. The number of likely N-dealkylation sites (tertiary alicyclic amines) is 1. The first-order valence-electron chi connectivity index (χ1n) is 8.83. The Hall–Kier alpha value is -1.95. The van der Waals surface area contributed by atoms with Gasteiger partial charge in [-0.3, -0.25) is 0 Å². The van der Waals surface area contributed by atoms with Gasteiger partial charge < -0.3 is 14.7 Å². The van der Waals surface area contributed by atoms with Crippen molar-refractivity contribution in [3.8, 4) is 11.5 Å². The third-order valence-electron chi connectivity index (χ3n) is 4.45. The van der Waals surface area contributed by atoms with Crippen molar-refractivity contribution < 1.29 is 4.52 Å². The molecular formula is C18H27N5O. The first kappa shape index (κ1) is 16.9. The molecule has 1 aliphatic rings. The second kappa shape index (κ2) is 7.75. The second-order valence-electron chi connectivity index (χ2n) is 7.03. The average molecular weight is 329 g/mol. The van der Waals surface area contributed by atoms with E-state index in [9.17, 15) is 0 Å². The van der Waals surface area contributed by atoms with E-state index in [1.54, 1.807) is 6.20 Å². The highest BCUT2D eigenvalue weighted by Gasteiger charge is 2.21. The van der Waals surface area contributed by atoms with Gasteiger partial charge in [0, 0.05) is 25.8 Å². The van der Waals surface area contributed by atoms with Crippen LogP contribution < -0.4 is 5.32 Å². The largest absolute Gasteiger partial charge is 0.369 e. The normalized spacial score (nSPS) is 21.8. The lowest BCUT2D eigenvalue weighted by atomic mass is 9.92. The number of nitrogens with one attached hydrogen (secondary N) is 1. The number of aromatic nitrogens is 3. The maximum Gasteiger partial charge on any atom is 0.261 e. The highest BCUT2D eigenvalue weighted by Crippen LogP contribution is 2.24. The summed E-state index contributed by atoms with van der Waals surface area (Å²) in [5.74, 6) is 3.58. The molecule has 0 saturated carbocycles. The highest BCUT2D eigenvalue weighted by molar-refractivity contribution is 5.68. The molecule has 2 aromatic rings. The molecule has 0 amide bonds. The van der Waals surface area contributed by atoms with E-state index >= 15 is 0 Å². The van der Waals surface area contributed by atoms with Gasteiger partial charge in [0.1, 0.15) is 5.82 Å². The molecule has 0 spiro atoms. The van der Waals surface area contributed by atoms with Crippen LogP contribution in [-0.2, 0) is 0 Å². The van der Waals surface area contributed by atoms with Crippen LogP contribution in [0.5, 0.6) is 0 Å². The van der Waals surface area contributed by atoms with Gasteiger partial charge >= 0.3 is 0 Å². The minimum absolute atomic E-state index is 0.516. The Kier molecular flexibility index (Phi) is 5.45. The van der Waals surface area contributed by atoms with Gasteiger partial charge in [0.25, 0.3) is 5.89 Å². The Bertz CT molecular complexity index is 646. The molecule has 6 heteroatoms. The van der Waals surface area contributed by atoms with Gasteiger partial charge in [-0.25, -0.2) is 4.98 Å². The molecule has 1 fully saturated rings. The molecule has 6 nitrogen and oxygen atoms in total. The summed E-state index contributed by atoms with van der Waals surface area (Å²) in [5, 5.41) is 7.28. The van der Waals surface area contributed by atoms with Crippen molar-refractivity contribution in [3.63, 3.8) is 0 Å². The van der Waals surface area contributed by atoms with Crippen LogP contribution in [0.3, 0.4) is 0 Å². The number of piperidine rings is 1. The molecule has 1 aliphatic heterocycles. The Balaban J connectivity index is 1.52. The van der Waals surface area contributed by atoms with E-state index in [0.29, 0.717) is 11.7 Å². The topological polar surface area (TPSA) is 67.1 Å². The van der Waals surface area contributed by atoms with Crippen molar-refractivity contribution in [2.24, 2.45) is 11.8 Å². The van der Waals surface area contributed by atoms with Crippen molar-refractivity contribution in [1.29, 1.82) is 0 Å². The van der Waals surface area contributed by atoms with Gasteiger partial charge in [0.2, 0.25) is 0 Å². The molecule has 0 aliphatic carbocycles. The number of nitrogens with zero attached hydrogens (tertiary/aromatic N) is 4. The van der Waals surface area contributed by atoms with E-state index in [1.165, 1.54) is 19.5 Å². The first-order chi connectivity index (χ1) is 11.6. The van der Waals surface area contributed by atoms with Gasteiger partial charge in [-0.1, -0.05) is 19.0 Å². The van der Waals surface area contributed by atoms with Gasteiger partial charge in [-0.2, -0.15) is 4.98 Å². The lowest BCUT2D eigenvalue weighted by molar-refractivity contribution is 0.141. The summed E-state index contributed by atoms with van der Waals surface area (Å²) in [6.07, 6.45) is 4.23. The Morgan fingerprint density at radius 3 is 2.79 bits per heavy atom. The average Bonchev–Trinajstić information content (AvgIpc) is 2.97. The van der Waals surface area contributed by atoms with Gasteiger partial charge in [-0.05, 0) is 50.3 Å². The van der Waals surface area contributed by atoms with Crippen LogP contribution in [0, 0.1) is 18.8 Å². The zero-order valence-corrected chi connectivity index (χ0v) is 14.8. The summed E-state index contributed by atoms with van der Waals surface area (Å²) < 4.78 is 5.27. The lowest BCUT2D eigenvalue weighted by Gasteiger charge is -2.34. The Labute approximate surface area is 143 Å². The molecule has 0 aromatic carbocycles. The summed E-state index contributed by atoms with van der Waals surface area (Å²) >= 11 is 0. The summed E-state index contributed by atoms with van der Waals surface area (Å²) in [4.78, 5) is 11.3. The molecule has 2 aromatic heterocycles. The summed E-state index contributed by atoms with van der Waals surface area (Å²) in [6, 6.07) is 3.84. The number of hydrogen-bond acceptors (Lipinski definition) is 6. The molecule has 130 valence electrons. The van der Waals surface area contributed by atoms with Crippen molar-refractivity contribution in [1.82, 2.24) is 20.0 Å². The zero-order valence-electron chi connectivity index (χ0n) is 14.8. The predicted molar refractivity (Wildman–Crippen MR) is 94.8 cm³/mol. The maximum absolute atomic E-state index is 5.27. The zero-order chi connectivity index (χ0) is 16.9. The van der Waals surface area contributed by atoms with E-state index < -0.39 is 0 Å². The molecule has 3 heterocycles. The van der Waals surface area contributed by atoms with E-state index in [4.69, 9.17) is 4.52 Å². The fourth-order valence-corrected chi connectivity index (χ4v) is 3.61. The van der Waals surface area contributed by atoms with E-state index in [1.807, 2.05) is 19.1 Å². The van der Waals surface area contributed by atoms with Crippen molar-refractivity contribution in [2.45, 2.75) is 33.6 Å². The molecule has 0 radical (unpaired) electrons. The Morgan fingerprint density at radius 2 is 2.08 bits per heavy atom. The van der Waals surface area contributed by atoms with Gasteiger partial charge in [-0.15, -0.1) is 0 Å². The third kappa shape index (κ3) is 4.32. The Morgan fingerprint density at radius 1 is 1.29 bits per heavy atom. The van der Waals surface area contributed by atoms with Crippen LogP contribution in [-0.4, -0.2) is 46.2 Å². The van der Waals surface area contributed by atoms with Crippen LogP contribution in [0.15, 0.2) is 22.9 Å². The summed E-state index contributed by atoms with van der Waals surface area (Å²) in [5.41, 5.74) is 0.860. The van der Waals surface area contributed by atoms with E-state index in [2.05, 4.69) is 39.2 Å². The third-order valence-corrected chi connectivity index (χ3v) is 4.45. The molecule has 1 saturated heterocycles. The number of aryl methyl sites for hydroxylation is 1. The van der Waals surface area contributed by atoms with Crippen molar-refractivity contribution >= 4 is 5.82 Å². The minimum atomic E-state index is 0.516. The van der Waals surface area contributed by atoms with E-state index in [0.717, 1.165) is 42.7 Å². The summed E-state index contributed by atoms with van der Waals surface area (Å²) in [7, 11) is 0. The number of pyridine rings is 1. The quantitative estimate of drug-likeness (QED) is 0.821. The van der Waals surface area contributed by atoms with Crippen LogP contribution in [0.1, 0.15) is 32.5 Å². The molecule has 0 bridgehead atoms. The van der Waals surface area contributed by atoms with Gasteiger partial charge in [0.05, 0.1) is 5.56 Å². The number of anilines is 1. The van der Waals surface area contributed by atoms with Crippen LogP contribution in [0.2, 0.25) is 0 Å². The molecule has 1 N–H and O–H groups in total. The standard InChI is InChI=1S/C18H27N5O/c1-13-10-14(2)12-23(11-13)9-5-8-20-17-16(6-4-7-19-17)18-21-15(3)22-24-18/h4,6-7,13-14H,5,8-12H2,1-3H3,(H,19,20). The van der Waals surface area contributed by atoms with Crippen molar-refractivity contribution in [3.05, 3.63) is 24.2 Å². The molecule has 2 atom stereocenters. The van der Waals surface area contributed by atoms with Gasteiger partial charge in [0.15, 0.2) is 5.82 Å². The molecular weight excluding hydrogens is 302 g/mol. The number of hydrogen-bond donors (Lipinski definition) is 1. The fraction of sp³-hybridized carbons (Fsp3) is 0.611. The predicted octanol–water partition coefficient (Wildman–Crippen LogP) is 3.22. The second-order valence-corrected chi connectivity index (χ2v) is 7.03. The highest BCUT2D eigenvalue weighted by atomic mass is 16.5. The monoisotopic (exact) mass is 329 g/mol. The SMILES string of the molecule is Cc1noc(-c2cccnc2NCCCN2CC(C)CC(C)C2)n1. The molecule has 3 rings (SSSR count). The molecule has 24 heavy (non-hydrogen) atoms. The minimum Gasteiger partial charge on any atom is -0.369 e. The summed E-state index contributed by atoms with van der Waals surface area (Å²) in [6.45, 7) is 11.0. The van der Waals surface area contributed by atoms with E-state index in [-0.39, 0.29) is 0 Å². The smallest absolute Gasteiger partial charge is 0.261 e. The molecule has 2 unspecified atom stereocenters. The van der Waals surface area contributed by atoms with Crippen molar-refractivity contribution in [2.75, 3.05) is 31.5 Å². The van der Waals surface area contributed by atoms with Crippen LogP contribution >= 0.6 is 0 Å². The van der Waals surface area contributed by atoms with Crippen LogP contribution in [0.4, 0.5) is 5.82 Å². The number of rotatable bonds is 6. The van der Waals surface area contributed by atoms with Crippen LogP contribution in [0.25, 0.3) is 11.5 Å².